The van der Waals surface area contributed by atoms with Crippen molar-refractivity contribution >= 4 is 23.9 Å². The molecular formula is C24H29N5O5S. The Morgan fingerprint density at radius 2 is 1.71 bits per heavy atom. The number of ether oxygens (including phenoxy) is 4. The monoisotopic (exact) mass is 499 g/mol. The Balaban J connectivity index is 1.62. The quantitative estimate of drug-likeness (QED) is 0.229. The average molecular weight is 500 g/mol. The van der Waals surface area contributed by atoms with Crippen LogP contribution in [-0.4, -0.2) is 60.6 Å². The molecule has 2 aromatic carbocycles. The summed E-state index contributed by atoms with van der Waals surface area (Å²) in [5.74, 6) is 3.04. The van der Waals surface area contributed by atoms with Crippen LogP contribution in [0.25, 0.3) is 11.4 Å². The minimum absolute atomic E-state index is 0.133. The maximum Gasteiger partial charge on any atom is 0.250 e. The molecule has 11 heteroatoms. The van der Waals surface area contributed by atoms with Gasteiger partial charge in [-0.1, -0.05) is 11.8 Å². The lowest BCUT2D eigenvalue weighted by molar-refractivity contribution is -0.118. The fraction of sp³-hybridized carbons (Fsp3) is 0.333. The van der Waals surface area contributed by atoms with Crippen LogP contribution in [0.2, 0.25) is 0 Å². The SMILES string of the molecule is CCOc1ccc(/C=N\NC(=O)CSc2nnc(-c3ccc(OC)c(OC)c3)n2CC)cc1OC. The Bertz CT molecular complexity index is 1180. The van der Waals surface area contributed by atoms with Crippen molar-refractivity contribution in [3.8, 4) is 34.4 Å². The van der Waals surface area contributed by atoms with Crippen LogP contribution in [0.4, 0.5) is 0 Å². The second kappa shape index (κ2) is 12.7. The first-order valence-electron chi connectivity index (χ1n) is 11.0. The second-order valence-corrected chi connectivity index (χ2v) is 7.99. The topological polar surface area (TPSA) is 109 Å². The van der Waals surface area contributed by atoms with Crippen LogP contribution in [-0.2, 0) is 11.3 Å². The zero-order valence-electron chi connectivity index (χ0n) is 20.4. The number of carbonyl (C=O) groups is 1. The van der Waals surface area contributed by atoms with E-state index in [4.69, 9.17) is 18.9 Å². The molecular weight excluding hydrogens is 470 g/mol. The van der Waals surface area contributed by atoms with Crippen molar-refractivity contribution in [3.63, 3.8) is 0 Å². The molecule has 0 unspecified atom stereocenters. The molecule has 0 saturated carbocycles. The van der Waals surface area contributed by atoms with E-state index in [1.807, 2.05) is 42.7 Å². The first kappa shape index (κ1) is 25.9. The number of nitrogens with zero attached hydrogens (tertiary/aromatic N) is 4. The highest BCUT2D eigenvalue weighted by Gasteiger charge is 2.16. The molecule has 1 heterocycles. The Morgan fingerprint density at radius 3 is 2.40 bits per heavy atom. The average Bonchev–Trinajstić information content (AvgIpc) is 3.30. The van der Waals surface area contributed by atoms with Gasteiger partial charge < -0.3 is 23.5 Å². The molecule has 1 N–H and O–H groups in total. The van der Waals surface area contributed by atoms with Gasteiger partial charge in [0, 0.05) is 12.1 Å². The molecule has 0 aliphatic rings. The van der Waals surface area contributed by atoms with E-state index in [1.54, 1.807) is 39.7 Å². The maximum absolute atomic E-state index is 12.3. The van der Waals surface area contributed by atoms with Crippen molar-refractivity contribution < 1.29 is 23.7 Å². The number of hydrogen-bond acceptors (Lipinski definition) is 9. The standard InChI is InChI=1S/C24H29N5O5S/c1-6-29-23(17-9-11-18(31-3)21(13-17)33-5)27-28-24(29)35-15-22(30)26-25-14-16-8-10-19(34-7-2)20(12-16)32-4/h8-14H,6-7,15H2,1-5H3,(H,26,30)/b25-14-. The van der Waals surface area contributed by atoms with Crippen molar-refractivity contribution in [1.82, 2.24) is 20.2 Å². The third-order valence-corrected chi connectivity index (χ3v) is 5.86. The number of nitrogens with one attached hydrogen (secondary N) is 1. The van der Waals surface area contributed by atoms with Gasteiger partial charge in [-0.05, 0) is 55.8 Å². The van der Waals surface area contributed by atoms with E-state index in [0.29, 0.717) is 47.1 Å². The number of amides is 1. The van der Waals surface area contributed by atoms with Gasteiger partial charge in [-0.25, -0.2) is 5.43 Å². The van der Waals surface area contributed by atoms with Gasteiger partial charge in [0.05, 0.1) is 39.9 Å². The molecule has 186 valence electrons. The molecule has 10 nitrogen and oxygen atoms in total. The Labute approximate surface area is 208 Å². The molecule has 0 atom stereocenters. The fourth-order valence-electron chi connectivity index (χ4n) is 3.25. The molecule has 0 radical (unpaired) electrons. The second-order valence-electron chi connectivity index (χ2n) is 7.05. The van der Waals surface area contributed by atoms with Gasteiger partial charge in [0.15, 0.2) is 34.0 Å². The smallest absolute Gasteiger partial charge is 0.250 e. The summed E-state index contributed by atoms with van der Waals surface area (Å²) < 4.78 is 23.5. The van der Waals surface area contributed by atoms with Gasteiger partial charge in [-0.15, -0.1) is 10.2 Å². The lowest BCUT2D eigenvalue weighted by Crippen LogP contribution is -2.20. The number of hydrazone groups is 1. The van der Waals surface area contributed by atoms with E-state index in [9.17, 15) is 4.79 Å². The molecule has 3 aromatic rings. The minimum Gasteiger partial charge on any atom is -0.493 e. The summed E-state index contributed by atoms with van der Waals surface area (Å²) in [6, 6.07) is 11.0. The van der Waals surface area contributed by atoms with Crippen LogP contribution in [0.1, 0.15) is 19.4 Å². The number of methoxy groups -OCH3 is 3. The zero-order valence-corrected chi connectivity index (χ0v) is 21.2. The number of aromatic nitrogens is 3. The Hall–Kier alpha value is -3.73. The Kier molecular flexibility index (Phi) is 9.36. The van der Waals surface area contributed by atoms with Crippen LogP contribution in [0.5, 0.6) is 23.0 Å². The number of benzene rings is 2. The molecule has 3 rings (SSSR count). The molecule has 0 fully saturated rings. The van der Waals surface area contributed by atoms with Crippen molar-refractivity contribution in [3.05, 3.63) is 42.0 Å². The molecule has 0 bridgehead atoms. The van der Waals surface area contributed by atoms with Crippen LogP contribution in [0.15, 0.2) is 46.7 Å². The molecule has 0 aliphatic carbocycles. The van der Waals surface area contributed by atoms with Gasteiger partial charge in [0.1, 0.15) is 0 Å². The zero-order chi connectivity index (χ0) is 25.2. The summed E-state index contributed by atoms with van der Waals surface area (Å²) in [5.41, 5.74) is 4.14. The van der Waals surface area contributed by atoms with E-state index >= 15 is 0 Å². The van der Waals surface area contributed by atoms with E-state index in [1.165, 1.54) is 11.8 Å². The molecule has 0 spiro atoms. The fourth-order valence-corrected chi connectivity index (χ4v) is 4.04. The minimum atomic E-state index is -0.262. The number of rotatable bonds is 12. The van der Waals surface area contributed by atoms with Gasteiger partial charge in [0.2, 0.25) is 0 Å². The number of hydrogen-bond donors (Lipinski definition) is 1. The largest absolute Gasteiger partial charge is 0.493 e. The number of thioether (sulfide) groups is 1. The lowest BCUT2D eigenvalue weighted by atomic mass is 10.2. The molecule has 1 aromatic heterocycles. The summed E-state index contributed by atoms with van der Waals surface area (Å²) in [6.45, 7) is 5.08. The molecule has 35 heavy (non-hydrogen) atoms. The van der Waals surface area contributed by atoms with Gasteiger partial charge in [-0.2, -0.15) is 5.10 Å². The summed E-state index contributed by atoms with van der Waals surface area (Å²) in [7, 11) is 4.75. The van der Waals surface area contributed by atoms with E-state index in [-0.39, 0.29) is 11.7 Å². The van der Waals surface area contributed by atoms with Crippen molar-refractivity contribution in [1.29, 1.82) is 0 Å². The predicted octanol–water partition coefficient (Wildman–Crippen LogP) is 3.63. The first-order valence-corrected chi connectivity index (χ1v) is 11.9. The highest BCUT2D eigenvalue weighted by molar-refractivity contribution is 7.99. The van der Waals surface area contributed by atoms with Crippen molar-refractivity contribution in [2.45, 2.75) is 25.5 Å². The van der Waals surface area contributed by atoms with Crippen LogP contribution >= 0.6 is 11.8 Å². The number of carbonyl (C=O) groups excluding carboxylic acids is 1. The summed E-state index contributed by atoms with van der Waals surface area (Å²) in [5, 5.41) is 13.2. The van der Waals surface area contributed by atoms with Gasteiger partial charge >= 0.3 is 0 Å². The maximum atomic E-state index is 12.3. The van der Waals surface area contributed by atoms with Gasteiger partial charge in [-0.3, -0.25) is 4.79 Å². The Morgan fingerprint density at radius 1 is 1.00 bits per heavy atom. The molecule has 1 amide bonds. The molecule has 0 saturated heterocycles. The normalized spacial score (nSPS) is 10.9. The van der Waals surface area contributed by atoms with Crippen LogP contribution in [0, 0.1) is 0 Å². The summed E-state index contributed by atoms with van der Waals surface area (Å²) in [4.78, 5) is 12.3. The summed E-state index contributed by atoms with van der Waals surface area (Å²) in [6.07, 6.45) is 1.55. The highest BCUT2D eigenvalue weighted by Crippen LogP contribution is 2.33. The van der Waals surface area contributed by atoms with Crippen LogP contribution in [0.3, 0.4) is 0 Å². The first-order chi connectivity index (χ1) is 17.0. The molecule has 0 aliphatic heterocycles. The lowest BCUT2D eigenvalue weighted by Gasteiger charge is -2.10. The van der Waals surface area contributed by atoms with Crippen LogP contribution < -0.4 is 24.4 Å². The van der Waals surface area contributed by atoms with E-state index in [2.05, 4.69) is 20.7 Å². The third-order valence-electron chi connectivity index (χ3n) is 4.90. The van der Waals surface area contributed by atoms with Gasteiger partial charge in [0.25, 0.3) is 5.91 Å². The third kappa shape index (κ3) is 6.44. The summed E-state index contributed by atoms with van der Waals surface area (Å²) >= 11 is 1.28. The van der Waals surface area contributed by atoms with Crippen molar-refractivity contribution in [2.24, 2.45) is 5.10 Å². The highest BCUT2D eigenvalue weighted by atomic mass is 32.2. The van der Waals surface area contributed by atoms with E-state index < -0.39 is 0 Å². The predicted molar refractivity (Wildman–Crippen MR) is 135 cm³/mol. The van der Waals surface area contributed by atoms with E-state index in [0.717, 1.165) is 11.1 Å². The van der Waals surface area contributed by atoms with Crippen molar-refractivity contribution in [2.75, 3.05) is 33.7 Å².